The maximum absolute atomic E-state index is 11.9. The second-order valence-electron chi connectivity index (χ2n) is 5.13. The summed E-state index contributed by atoms with van der Waals surface area (Å²) >= 11 is 0. The molecule has 20 heavy (non-hydrogen) atoms. The molecule has 0 spiro atoms. The number of esters is 1. The highest BCUT2D eigenvalue weighted by Gasteiger charge is 2.31. The summed E-state index contributed by atoms with van der Waals surface area (Å²) in [5.74, 6) is 0.593. The first-order chi connectivity index (χ1) is 9.59. The van der Waals surface area contributed by atoms with Gasteiger partial charge in [0.05, 0.1) is 14.2 Å². The molecule has 1 N–H and O–H groups in total. The van der Waals surface area contributed by atoms with Crippen molar-refractivity contribution in [3.05, 3.63) is 23.8 Å². The summed E-state index contributed by atoms with van der Waals surface area (Å²) in [6, 6.07) is 5.23. The van der Waals surface area contributed by atoms with Crippen molar-refractivity contribution < 1.29 is 19.0 Å². The van der Waals surface area contributed by atoms with Gasteiger partial charge in [-0.25, -0.2) is 4.79 Å². The molecule has 1 heterocycles. The molecule has 0 atom stereocenters. The Kier molecular flexibility index (Phi) is 4.49. The molecule has 0 bridgehead atoms. The number of para-hydroxylation sites is 1. The summed E-state index contributed by atoms with van der Waals surface area (Å²) < 4.78 is 16.3. The summed E-state index contributed by atoms with van der Waals surface area (Å²) in [4.78, 5) is 11.9. The van der Waals surface area contributed by atoms with Gasteiger partial charge in [0.1, 0.15) is 11.2 Å². The highest BCUT2D eigenvalue weighted by Crippen LogP contribution is 2.36. The molecular formula is C15H21NO4. The van der Waals surface area contributed by atoms with Crippen LogP contribution in [-0.4, -0.2) is 38.9 Å². The molecular weight excluding hydrogens is 258 g/mol. The molecule has 0 aliphatic carbocycles. The summed E-state index contributed by atoms with van der Waals surface area (Å²) in [6.07, 6.45) is 1.76. The van der Waals surface area contributed by atoms with Crippen molar-refractivity contribution >= 4 is 5.97 Å². The molecule has 2 rings (SSSR count). The Hall–Kier alpha value is -1.75. The number of methoxy groups -OCH3 is 2. The van der Waals surface area contributed by atoms with Crippen LogP contribution in [-0.2, 0) is 4.74 Å². The van der Waals surface area contributed by atoms with Crippen LogP contribution in [0, 0.1) is 0 Å². The number of nitrogens with one attached hydrogen (secondary N) is 1. The topological polar surface area (TPSA) is 56.8 Å². The fourth-order valence-corrected chi connectivity index (χ4v) is 2.36. The molecule has 0 unspecified atom stereocenters. The molecule has 0 saturated carbocycles. The van der Waals surface area contributed by atoms with E-state index in [1.807, 2.05) is 0 Å². The van der Waals surface area contributed by atoms with Crippen LogP contribution in [0.15, 0.2) is 18.2 Å². The first kappa shape index (κ1) is 14.7. The van der Waals surface area contributed by atoms with E-state index in [1.165, 1.54) is 7.11 Å². The zero-order chi connectivity index (χ0) is 14.6. The number of ether oxygens (including phenoxy) is 3. The van der Waals surface area contributed by atoms with Gasteiger partial charge in [0, 0.05) is 0 Å². The molecule has 1 saturated heterocycles. The monoisotopic (exact) mass is 279 g/mol. The zero-order valence-corrected chi connectivity index (χ0v) is 12.2. The van der Waals surface area contributed by atoms with Crippen LogP contribution < -0.4 is 14.8 Å². The van der Waals surface area contributed by atoms with Gasteiger partial charge in [-0.3, -0.25) is 0 Å². The normalized spacial score (nSPS) is 17.4. The van der Waals surface area contributed by atoms with E-state index in [9.17, 15) is 4.79 Å². The van der Waals surface area contributed by atoms with Crippen LogP contribution in [0.1, 0.15) is 30.1 Å². The summed E-state index contributed by atoms with van der Waals surface area (Å²) in [7, 11) is 2.92. The van der Waals surface area contributed by atoms with Crippen LogP contribution in [0.2, 0.25) is 0 Å². The predicted octanol–water partition coefficient (Wildman–Crippen LogP) is 2.00. The van der Waals surface area contributed by atoms with Crippen LogP contribution >= 0.6 is 0 Å². The number of hydrogen-bond donors (Lipinski definition) is 1. The SMILES string of the molecule is COC(=O)c1cccc(OC)c1OC1(C)CCNCC1. The second-order valence-corrected chi connectivity index (χ2v) is 5.13. The van der Waals surface area contributed by atoms with E-state index in [-0.39, 0.29) is 5.60 Å². The van der Waals surface area contributed by atoms with Gasteiger partial charge in [-0.1, -0.05) is 6.07 Å². The number of carbonyl (C=O) groups excluding carboxylic acids is 1. The Balaban J connectivity index is 2.35. The maximum atomic E-state index is 11.9. The molecule has 1 aliphatic rings. The second kappa shape index (κ2) is 6.13. The number of carbonyl (C=O) groups is 1. The third-order valence-corrected chi connectivity index (χ3v) is 3.61. The molecule has 5 heteroatoms. The minimum absolute atomic E-state index is 0.303. The average molecular weight is 279 g/mol. The Morgan fingerprint density at radius 1 is 1.25 bits per heavy atom. The van der Waals surface area contributed by atoms with Crippen LogP contribution in [0.3, 0.4) is 0 Å². The van der Waals surface area contributed by atoms with Gasteiger partial charge in [0.2, 0.25) is 0 Å². The van der Waals surface area contributed by atoms with Crippen molar-refractivity contribution in [2.24, 2.45) is 0 Å². The lowest BCUT2D eigenvalue weighted by Gasteiger charge is -2.35. The van der Waals surface area contributed by atoms with Crippen molar-refractivity contribution in [3.63, 3.8) is 0 Å². The quantitative estimate of drug-likeness (QED) is 0.854. The van der Waals surface area contributed by atoms with Crippen LogP contribution in [0.25, 0.3) is 0 Å². The van der Waals surface area contributed by atoms with E-state index in [4.69, 9.17) is 14.2 Å². The Morgan fingerprint density at radius 2 is 1.95 bits per heavy atom. The van der Waals surface area contributed by atoms with Crippen molar-refractivity contribution in [2.75, 3.05) is 27.3 Å². The van der Waals surface area contributed by atoms with E-state index < -0.39 is 5.97 Å². The Bertz CT molecular complexity index is 481. The summed E-state index contributed by atoms with van der Waals surface area (Å²) in [5.41, 5.74) is 0.0921. The average Bonchev–Trinajstić information content (AvgIpc) is 2.47. The molecule has 0 radical (unpaired) electrons. The number of rotatable bonds is 4. The van der Waals surface area contributed by atoms with Gasteiger partial charge >= 0.3 is 5.97 Å². The molecule has 1 aromatic carbocycles. The fourth-order valence-electron chi connectivity index (χ4n) is 2.36. The van der Waals surface area contributed by atoms with Crippen molar-refractivity contribution in [3.8, 4) is 11.5 Å². The first-order valence-corrected chi connectivity index (χ1v) is 6.75. The number of benzene rings is 1. The standard InChI is InChI=1S/C15H21NO4/c1-15(7-9-16-10-8-15)20-13-11(14(17)19-3)5-4-6-12(13)18-2/h4-6,16H,7-10H2,1-3H3. The summed E-state index contributed by atoms with van der Waals surface area (Å²) in [5, 5.41) is 3.30. The minimum Gasteiger partial charge on any atom is -0.493 e. The third-order valence-electron chi connectivity index (χ3n) is 3.61. The first-order valence-electron chi connectivity index (χ1n) is 6.75. The third kappa shape index (κ3) is 3.04. The molecule has 1 aromatic rings. The predicted molar refractivity (Wildman–Crippen MR) is 75.5 cm³/mol. The van der Waals surface area contributed by atoms with Gasteiger partial charge in [0.15, 0.2) is 11.5 Å². The van der Waals surface area contributed by atoms with Gasteiger partial charge < -0.3 is 19.5 Å². The van der Waals surface area contributed by atoms with Crippen LogP contribution in [0.5, 0.6) is 11.5 Å². The van der Waals surface area contributed by atoms with Gasteiger partial charge in [0.25, 0.3) is 0 Å². The van der Waals surface area contributed by atoms with E-state index in [1.54, 1.807) is 25.3 Å². The maximum Gasteiger partial charge on any atom is 0.341 e. The van der Waals surface area contributed by atoms with Crippen LogP contribution in [0.4, 0.5) is 0 Å². The molecule has 0 amide bonds. The highest BCUT2D eigenvalue weighted by molar-refractivity contribution is 5.93. The minimum atomic E-state index is -0.420. The van der Waals surface area contributed by atoms with Crippen molar-refractivity contribution in [1.29, 1.82) is 0 Å². The van der Waals surface area contributed by atoms with E-state index >= 15 is 0 Å². The summed E-state index contributed by atoms with van der Waals surface area (Å²) in [6.45, 7) is 3.86. The van der Waals surface area contributed by atoms with E-state index in [0.29, 0.717) is 17.1 Å². The van der Waals surface area contributed by atoms with E-state index in [2.05, 4.69) is 12.2 Å². The van der Waals surface area contributed by atoms with Gasteiger partial charge in [-0.05, 0) is 45.0 Å². The fraction of sp³-hybridized carbons (Fsp3) is 0.533. The number of piperidine rings is 1. The van der Waals surface area contributed by atoms with Crippen molar-refractivity contribution in [2.45, 2.75) is 25.4 Å². The Labute approximate surface area is 119 Å². The lowest BCUT2D eigenvalue weighted by atomic mass is 9.94. The molecule has 1 aliphatic heterocycles. The van der Waals surface area contributed by atoms with Gasteiger partial charge in [-0.2, -0.15) is 0 Å². The zero-order valence-electron chi connectivity index (χ0n) is 12.2. The smallest absolute Gasteiger partial charge is 0.341 e. The van der Waals surface area contributed by atoms with E-state index in [0.717, 1.165) is 25.9 Å². The lowest BCUT2D eigenvalue weighted by Crippen LogP contribution is -2.44. The molecule has 0 aromatic heterocycles. The highest BCUT2D eigenvalue weighted by atomic mass is 16.5. The number of hydrogen-bond acceptors (Lipinski definition) is 5. The Morgan fingerprint density at radius 3 is 2.55 bits per heavy atom. The molecule has 110 valence electrons. The van der Waals surface area contributed by atoms with Gasteiger partial charge in [-0.15, -0.1) is 0 Å². The van der Waals surface area contributed by atoms with Crippen molar-refractivity contribution in [1.82, 2.24) is 5.32 Å². The largest absolute Gasteiger partial charge is 0.493 e. The molecule has 1 fully saturated rings. The lowest BCUT2D eigenvalue weighted by molar-refractivity contribution is 0.0460. The molecule has 5 nitrogen and oxygen atoms in total.